The van der Waals surface area contributed by atoms with Crippen LogP contribution in [-0.2, 0) is 19.1 Å². The lowest BCUT2D eigenvalue weighted by molar-refractivity contribution is -0.151. The highest BCUT2D eigenvalue weighted by molar-refractivity contribution is 5.95. The van der Waals surface area contributed by atoms with Gasteiger partial charge in [0.15, 0.2) is 0 Å². The minimum absolute atomic E-state index is 0.00722. The van der Waals surface area contributed by atoms with Crippen LogP contribution < -0.4 is 0 Å². The topological polar surface area (TPSA) is 55.8 Å². The maximum atomic E-state index is 12.4. The zero-order chi connectivity index (χ0) is 14.6. The third kappa shape index (κ3) is 1.61. The molecule has 4 rings (SSSR count). The van der Waals surface area contributed by atoms with Gasteiger partial charge in [-0.15, -0.1) is 0 Å². The molecule has 5 nitrogen and oxygen atoms in total. The number of methoxy groups -OCH3 is 1. The van der Waals surface area contributed by atoms with Crippen LogP contribution in [0.15, 0.2) is 35.5 Å². The highest BCUT2D eigenvalue weighted by atomic mass is 16.5. The summed E-state index contributed by atoms with van der Waals surface area (Å²) in [7, 11) is 1.68. The summed E-state index contributed by atoms with van der Waals surface area (Å²) in [6.45, 7) is 0.925. The lowest BCUT2D eigenvalue weighted by atomic mass is 9.65. The Hall–Kier alpha value is -1.88. The smallest absolute Gasteiger partial charge is 0.306 e. The Morgan fingerprint density at radius 1 is 1.43 bits per heavy atom. The van der Waals surface area contributed by atoms with Gasteiger partial charge < -0.3 is 14.4 Å². The molecule has 0 unspecified atom stereocenters. The molecule has 110 valence electrons. The molecule has 0 N–H and O–H groups in total. The van der Waals surface area contributed by atoms with Crippen LogP contribution in [0.4, 0.5) is 0 Å². The van der Waals surface area contributed by atoms with Gasteiger partial charge in [0.2, 0.25) is 5.91 Å². The Labute approximate surface area is 122 Å². The first-order valence-corrected chi connectivity index (χ1v) is 7.24. The molecule has 0 aromatic rings. The van der Waals surface area contributed by atoms with Crippen molar-refractivity contribution in [3.63, 3.8) is 0 Å². The highest BCUT2D eigenvalue weighted by Crippen LogP contribution is 2.51. The summed E-state index contributed by atoms with van der Waals surface area (Å²) in [5.74, 6) is -0.149. The fourth-order valence-corrected chi connectivity index (χ4v) is 4.15. The van der Waals surface area contributed by atoms with Gasteiger partial charge in [-0.25, -0.2) is 0 Å². The van der Waals surface area contributed by atoms with E-state index >= 15 is 0 Å². The van der Waals surface area contributed by atoms with E-state index in [-0.39, 0.29) is 23.9 Å². The molecule has 3 atom stereocenters. The van der Waals surface area contributed by atoms with Gasteiger partial charge in [0, 0.05) is 32.1 Å². The number of cyclic esters (lactones) is 1. The Morgan fingerprint density at radius 3 is 3.10 bits per heavy atom. The third-order valence-corrected chi connectivity index (χ3v) is 5.16. The molecule has 0 bridgehead atoms. The van der Waals surface area contributed by atoms with Crippen molar-refractivity contribution in [3.8, 4) is 0 Å². The maximum absolute atomic E-state index is 12.4. The molecular formula is C16H17NO4. The first-order valence-electron chi connectivity index (χ1n) is 7.24. The summed E-state index contributed by atoms with van der Waals surface area (Å²) in [4.78, 5) is 26.0. The molecule has 1 fully saturated rings. The first-order chi connectivity index (χ1) is 10.1. The minimum Gasteiger partial charge on any atom is -0.461 e. The van der Waals surface area contributed by atoms with Gasteiger partial charge in [0.1, 0.15) is 6.61 Å². The average molecular weight is 287 g/mol. The number of carbonyl (C=O) groups excluding carboxylic acids is 2. The molecule has 0 saturated carbocycles. The van der Waals surface area contributed by atoms with Crippen molar-refractivity contribution in [3.05, 3.63) is 35.5 Å². The number of hydrogen-bond donors (Lipinski definition) is 0. The van der Waals surface area contributed by atoms with E-state index in [1.54, 1.807) is 13.2 Å². The molecule has 21 heavy (non-hydrogen) atoms. The van der Waals surface area contributed by atoms with Crippen molar-refractivity contribution in [1.29, 1.82) is 0 Å². The Balaban J connectivity index is 1.84. The second-order valence-corrected chi connectivity index (χ2v) is 6.01. The number of esters is 1. The number of carbonyl (C=O) groups is 2. The zero-order valence-electron chi connectivity index (χ0n) is 11.9. The summed E-state index contributed by atoms with van der Waals surface area (Å²) < 4.78 is 10.7. The van der Waals surface area contributed by atoms with Crippen LogP contribution in [0, 0.1) is 5.92 Å². The van der Waals surface area contributed by atoms with E-state index in [2.05, 4.69) is 0 Å². The largest absolute Gasteiger partial charge is 0.461 e. The summed E-state index contributed by atoms with van der Waals surface area (Å²) in [6.07, 6.45) is 8.72. The van der Waals surface area contributed by atoms with Crippen LogP contribution in [0.5, 0.6) is 0 Å². The van der Waals surface area contributed by atoms with E-state index in [0.29, 0.717) is 26.0 Å². The van der Waals surface area contributed by atoms with Gasteiger partial charge in [0.25, 0.3) is 0 Å². The Bertz CT molecular complexity index is 618. The van der Waals surface area contributed by atoms with Gasteiger partial charge in [-0.2, -0.15) is 0 Å². The summed E-state index contributed by atoms with van der Waals surface area (Å²) >= 11 is 0. The van der Waals surface area contributed by atoms with Crippen LogP contribution in [-0.4, -0.2) is 48.7 Å². The van der Waals surface area contributed by atoms with E-state index in [0.717, 1.165) is 11.1 Å². The molecule has 1 spiro atoms. The summed E-state index contributed by atoms with van der Waals surface area (Å²) in [5.41, 5.74) is 1.71. The van der Waals surface area contributed by atoms with E-state index in [9.17, 15) is 9.59 Å². The molecule has 0 aromatic carbocycles. The molecule has 3 heterocycles. The van der Waals surface area contributed by atoms with Gasteiger partial charge in [-0.1, -0.05) is 18.2 Å². The molecule has 1 amide bonds. The third-order valence-electron chi connectivity index (χ3n) is 5.16. The average Bonchev–Trinajstić information content (AvgIpc) is 2.79. The number of fused-ring (bicyclic) bond motifs is 1. The van der Waals surface area contributed by atoms with Crippen molar-refractivity contribution in [2.75, 3.05) is 20.3 Å². The predicted molar refractivity (Wildman–Crippen MR) is 74.2 cm³/mol. The van der Waals surface area contributed by atoms with E-state index in [1.807, 2.05) is 23.1 Å². The minimum atomic E-state index is -0.434. The van der Waals surface area contributed by atoms with Gasteiger partial charge in [-0.05, 0) is 11.1 Å². The zero-order valence-corrected chi connectivity index (χ0v) is 11.9. The Morgan fingerprint density at radius 2 is 2.29 bits per heavy atom. The molecule has 4 aliphatic rings. The lowest BCUT2D eigenvalue weighted by Gasteiger charge is -2.52. The van der Waals surface area contributed by atoms with Crippen molar-refractivity contribution >= 4 is 11.9 Å². The molecule has 5 heteroatoms. The van der Waals surface area contributed by atoms with Crippen LogP contribution in [0.1, 0.15) is 12.8 Å². The molecule has 0 aromatic heterocycles. The van der Waals surface area contributed by atoms with Gasteiger partial charge >= 0.3 is 5.97 Å². The van der Waals surface area contributed by atoms with E-state index in [4.69, 9.17) is 9.47 Å². The molecular weight excluding hydrogens is 270 g/mol. The molecule has 1 saturated heterocycles. The quantitative estimate of drug-likeness (QED) is 0.533. The van der Waals surface area contributed by atoms with Gasteiger partial charge in [0.05, 0.1) is 18.1 Å². The van der Waals surface area contributed by atoms with E-state index in [1.165, 1.54) is 0 Å². The second kappa shape index (κ2) is 4.31. The summed E-state index contributed by atoms with van der Waals surface area (Å²) in [5, 5.41) is 0. The number of rotatable bonds is 1. The molecule has 3 aliphatic heterocycles. The standard InChI is InChI=1S/C16H17NO4/c1-20-12-3-2-11-6-14(18)17-5-4-10-9-21-15(19)7-13(10)16(11,17)8-12/h2-4,6,12-13H,5,7-9H2,1H3/t12-,13-,16-/m0/s1. The normalized spacial score (nSPS) is 37.3. The number of amides is 1. The number of nitrogens with zero attached hydrogens (tertiary/aromatic N) is 1. The second-order valence-electron chi connectivity index (χ2n) is 6.01. The Kier molecular flexibility index (Phi) is 2.63. The maximum Gasteiger partial charge on any atom is 0.306 e. The molecule has 0 radical (unpaired) electrons. The van der Waals surface area contributed by atoms with Crippen molar-refractivity contribution in [1.82, 2.24) is 4.90 Å². The van der Waals surface area contributed by atoms with Crippen molar-refractivity contribution in [2.45, 2.75) is 24.5 Å². The van der Waals surface area contributed by atoms with Gasteiger partial charge in [-0.3, -0.25) is 9.59 Å². The van der Waals surface area contributed by atoms with Crippen molar-refractivity contribution in [2.24, 2.45) is 5.92 Å². The number of hydrogen-bond acceptors (Lipinski definition) is 4. The summed E-state index contributed by atoms with van der Waals surface area (Å²) in [6, 6.07) is 0. The number of ether oxygens (including phenoxy) is 2. The van der Waals surface area contributed by atoms with Crippen LogP contribution in [0.2, 0.25) is 0 Å². The van der Waals surface area contributed by atoms with Crippen molar-refractivity contribution < 1.29 is 19.1 Å². The van der Waals surface area contributed by atoms with E-state index < -0.39 is 5.54 Å². The SMILES string of the molecule is CO[C@H]1C=CC2=CC(=O)N3CC=C4COC(=O)C[C@@H]4[C@]23C1. The first kappa shape index (κ1) is 12.8. The van der Waals surface area contributed by atoms with Crippen LogP contribution >= 0.6 is 0 Å². The predicted octanol–water partition coefficient (Wildman–Crippen LogP) is 0.972. The van der Waals surface area contributed by atoms with Crippen LogP contribution in [0.3, 0.4) is 0 Å². The highest BCUT2D eigenvalue weighted by Gasteiger charge is 2.57. The fraction of sp³-hybridized carbons (Fsp3) is 0.500. The molecule has 1 aliphatic carbocycles. The fourth-order valence-electron chi connectivity index (χ4n) is 4.15. The van der Waals surface area contributed by atoms with Crippen LogP contribution in [0.25, 0.3) is 0 Å². The monoisotopic (exact) mass is 287 g/mol. The lowest BCUT2D eigenvalue weighted by Crippen LogP contribution is -2.60.